The van der Waals surface area contributed by atoms with E-state index in [4.69, 9.17) is 0 Å². The predicted octanol–water partition coefficient (Wildman–Crippen LogP) is 0.402. The van der Waals surface area contributed by atoms with E-state index in [1.807, 2.05) is 0 Å². The molecule has 4 nitrogen and oxygen atoms in total. The summed E-state index contributed by atoms with van der Waals surface area (Å²) >= 11 is 0. The van der Waals surface area contributed by atoms with Gasteiger partial charge in [-0.1, -0.05) is 6.58 Å². The van der Waals surface area contributed by atoms with Gasteiger partial charge in [0, 0.05) is 6.08 Å². The molecule has 0 fully saturated rings. The average molecular weight is 156 g/mol. The molecule has 4 heteroatoms. The first-order valence-electron chi connectivity index (χ1n) is 2.73. The number of carbonyl (C=O) groups excluding carboxylic acids is 2. The molecule has 0 aliphatic heterocycles. The molecule has 0 rings (SSSR count). The largest absolute Gasteiger partial charge is 0.490 e. The van der Waals surface area contributed by atoms with Gasteiger partial charge in [-0.15, -0.1) is 0 Å². The van der Waals surface area contributed by atoms with Crippen LogP contribution in [0, 0.1) is 0 Å². The summed E-state index contributed by atoms with van der Waals surface area (Å²) in [4.78, 5) is 21.0. The summed E-state index contributed by atoms with van der Waals surface area (Å²) in [7, 11) is 1.25. The number of methoxy groups -OCH3 is 1. The van der Waals surface area contributed by atoms with Crippen LogP contribution in [0.15, 0.2) is 25.0 Å². The van der Waals surface area contributed by atoms with Gasteiger partial charge in [0.1, 0.15) is 0 Å². The molecule has 0 spiro atoms. The number of rotatable bonds is 3. The highest BCUT2D eigenvalue weighted by atomic mass is 16.6. The number of esters is 2. The predicted molar refractivity (Wildman–Crippen MR) is 37.4 cm³/mol. The maximum Gasteiger partial charge on any atom is 0.380 e. The molecule has 0 saturated carbocycles. The molecule has 0 heterocycles. The van der Waals surface area contributed by atoms with Gasteiger partial charge in [-0.2, -0.15) is 0 Å². The Morgan fingerprint density at radius 2 is 2.00 bits per heavy atom. The lowest BCUT2D eigenvalue weighted by Gasteiger charge is -2.00. The quantitative estimate of drug-likeness (QED) is 0.257. The second-order valence-corrected chi connectivity index (χ2v) is 1.54. The van der Waals surface area contributed by atoms with Gasteiger partial charge in [-0.05, 0) is 6.58 Å². The maximum atomic E-state index is 10.6. The zero-order valence-electron chi connectivity index (χ0n) is 6.12. The van der Waals surface area contributed by atoms with E-state index in [1.165, 1.54) is 7.11 Å². The number of hydrogen-bond donors (Lipinski definition) is 0. The Hall–Kier alpha value is -1.58. The minimum absolute atomic E-state index is 0.222. The Kier molecular flexibility index (Phi) is 3.66. The Morgan fingerprint density at radius 1 is 1.45 bits per heavy atom. The molecule has 0 aliphatic carbocycles. The average Bonchev–Trinajstić information content (AvgIpc) is 2.02. The molecule has 0 saturated heterocycles. The molecule has 0 aromatic rings. The van der Waals surface area contributed by atoms with E-state index in [0.29, 0.717) is 0 Å². The van der Waals surface area contributed by atoms with Crippen molar-refractivity contribution in [1.29, 1.82) is 0 Å². The third-order valence-corrected chi connectivity index (χ3v) is 0.834. The minimum Gasteiger partial charge on any atom is -0.490 e. The number of hydrogen-bond acceptors (Lipinski definition) is 4. The summed E-state index contributed by atoms with van der Waals surface area (Å²) in [6.45, 7) is 6.28. The van der Waals surface area contributed by atoms with Crippen LogP contribution in [0.3, 0.4) is 0 Å². The topological polar surface area (TPSA) is 52.6 Å². The molecule has 0 atom stereocenters. The lowest BCUT2D eigenvalue weighted by atomic mass is 10.5. The fourth-order valence-electron chi connectivity index (χ4n) is 0.273. The molecule has 60 valence electrons. The van der Waals surface area contributed by atoms with E-state index in [-0.39, 0.29) is 5.76 Å². The van der Waals surface area contributed by atoms with Gasteiger partial charge in [-0.25, -0.2) is 9.59 Å². The van der Waals surface area contributed by atoms with Crippen molar-refractivity contribution in [2.24, 2.45) is 0 Å². The second kappa shape index (κ2) is 4.27. The lowest BCUT2D eigenvalue weighted by Crippen LogP contribution is -2.12. The lowest BCUT2D eigenvalue weighted by molar-refractivity contribution is -0.155. The van der Waals surface area contributed by atoms with Crippen LogP contribution >= 0.6 is 0 Å². The van der Waals surface area contributed by atoms with E-state index >= 15 is 0 Å². The van der Waals surface area contributed by atoms with Crippen LogP contribution in [0.25, 0.3) is 0 Å². The van der Waals surface area contributed by atoms with E-state index in [0.717, 1.165) is 6.08 Å². The van der Waals surface area contributed by atoms with Crippen molar-refractivity contribution in [2.45, 2.75) is 0 Å². The van der Waals surface area contributed by atoms with Crippen LogP contribution in [0.2, 0.25) is 0 Å². The molecular formula is C7H8O4. The second-order valence-electron chi connectivity index (χ2n) is 1.54. The highest BCUT2D eigenvalue weighted by molar-refractivity contribution is 5.97. The summed E-state index contributed by atoms with van der Waals surface area (Å²) in [5, 5.41) is 0. The van der Waals surface area contributed by atoms with Crippen molar-refractivity contribution in [3.8, 4) is 0 Å². The summed E-state index contributed by atoms with van der Waals surface area (Å²) in [5.74, 6) is -1.95. The first-order chi connectivity index (χ1) is 5.11. The van der Waals surface area contributed by atoms with Crippen LogP contribution in [0.5, 0.6) is 0 Å². The highest BCUT2D eigenvalue weighted by Gasteiger charge is 2.11. The maximum absolute atomic E-state index is 10.6. The van der Waals surface area contributed by atoms with Crippen molar-refractivity contribution in [3.05, 3.63) is 25.0 Å². The van der Waals surface area contributed by atoms with Gasteiger partial charge in [0.15, 0.2) is 5.76 Å². The summed E-state index contributed by atoms with van der Waals surface area (Å²) in [6, 6.07) is 0. The molecule has 0 N–H and O–H groups in total. The van der Waals surface area contributed by atoms with Crippen molar-refractivity contribution in [1.82, 2.24) is 0 Å². The zero-order chi connectivity index (χ0) is 8.85. The fourth-order valence-corrected chi connectivity index (χ4v) is 0.273. The minimum atomic E-state index is -0.905. The molecule has 0 radical (unpaired) electrons. The number of carbonyl (C=O) groups is 2. The Bertz CT molecular complexity index is 204. The smallest absolute Gasteiger partial charge is 0.380 e. The van der Waals surface area contributed by atoms with Gasteiger partial charge in [0.05, 0.1) is 7.11 Å². The van der Waals surface area contributed by atoms with Crippen LogP contribution in [0.1, 0.15) is 0 Å². The van der Waals surface area contributed by atoms with Gasteiger partial charge in [0.2, 0.25) is 0 Å². The van der Waals surface area contributed by atoms with Crippen molar-refractivity contribution >= 4 is 11.9 Å². The molecule has 0 bridgehead atoms. The molecule has 0 aromatic carbocycles. The van der Waals surface area contributed by atoms with E-state index in [1.54, 1.807) is 0 Å². The molecule has 11 heavy (non-hydrogen) atoms. The Labute approximate surface area is 64.1 Å². The summed E-state index contributed by atoms with van der Waals surface area (Å²) in [5.41, 5.74) is 0. The first-order valence-corrected chi connectivity index (χ1v) is 2.73. The first kappa shape index (κ1) is 9.42. The monoisotopic (exact) mass is 156 g/mol. The van der Waals surface area contributed by atoms with Crippen molar-refractivity contribution in [3.63, 3.8) is 0 Å². The van der Waals surface area contributed by atoms with E-state index in [9.17, 15) is 9.59 Å². The summed E-state index contributed by atoms with van der Waals surface area (Å²) in [6.07, 6.45) is 0.876. The molecule has 0 aromatic heterocycles. The highest BCUT2D eigenvalue weighted by Crippen LogP contribution is 1.94. The zero-order valence-corrected chi connectivity index (χ0v) is 6.12. The summed E-state index contributed by atoms with van der Waals surface area (Å²) < 4.78 is 8.53. The number of ether oxygens (including phenoxy) is 2. The van der Waals surface area contributed by atoms with Gasteiger partial charge < -0.3 is 9.47 Å². The van der Waals surface area contributed by atoms with Crippen molar-refractivity contribution in [2.75, 3.05) is 7.11 Å². The third-order valence-electron chi connectivity index (χ3n) is 0.834. The van der Waals surface area contributed by atoms with Crippen LogP contribution in [0.4, 0.5) is 0 Å². The van der Waals surface area contributed by atoms with Crippen LogP contribution in [-0.2, 0) is 19.1 Å². The van der Waals surface area contributed by atoms with Crippen LogP contribution < -0.4 is 0 Å². The van der Waals surface area contributed by atoms with E-state index in [2.05, 4.69) is 22.6 Å². The molecule has 0 unspecified atom stereocenters. The molecular weight excluding hydrogens is 148 g/mol. The normalized spacial score (nSPS) is 8.09. The van der Waals surface area contributed by atoms with Crippen LogP contribution in [-0.4, -0.2) is 19.0 Å². The Morgan fingerprint density at radius 3 is 2.36 bits per heavy atom. The third kappa shape index (κ3) is 3.20. The van der Waals surface area contributed by atoms with Gasteiger partial charge >= 0.3 is 11.9 Å². The Balaban J connectivity index is 3.97. The molecule has 0 amide bonds. The van der Waals surface area contributed by atoms with Crippen molar-refractivity contribution < 1.29 is 19.1 Å². The standard InChI is InChI=1S/C7H8O4/c1-4-6(8)11-7(9)5(2)10-3/h4H,1-2H2,3H3. The van der Waals surface area contributed by atoms with Gasteiger partial charge in [-0.3, -0.25) is 0 Å². The SMILES string of the molecule is C=CC(=O)OC(=O)C(=C)OC. The fraction of sp³-hybridized carbons (Fsp3) is 0.143. The van der Waals surface area contributed by atoms with E-state index < -0.39 is 11.9 Å². The molecule has 0 aliphatic rings. The van der Waals surface area contributed by atoms with Gasteiger partial charge in [0.25, 0.3) is 0 Å².